The van der Waals surface area contributed by atoms with Gasteiger partial charge in [-0.1, -0.05) is 12.1 Å². The van der Waals surface area contributed by atoms with E-state index in [4.69, 9.17) is 0 Å². The van der Waals surface area contributed by atoms with Crippen molar-refractivity contribution in [2.24, 2.45) is 5.41 Å². The highest BCUT2D eigenvalue weighted by Crippen LogP contribution is 2.39. The Morgan fingerprint density at radius 2 is 1.65 bits per heavy atom. The normalized spacial score (nSPS) is 20.9. The molecule has 2 aliphatic heterocycles. The molecule has 0 atom stereocenters. The maximum atomic E-state index is 12.5. The summed E-state index contributed by atoms with van der Waals surface area (Å²) in [6.07, 6.45) is 0.827. The Bertz CT molecular complexity index is 702. The Morgan fingerprint density at radius 3 is 2.13 bits per heavy atom. The van der Waals surface area contributed by atoms with Crippen LogP contribution in [0.5, 0.6) is 0 Å². The fourth-order valence-electron chi connectivity index (χ4n) is 3.27. The Morgan fingerprint density at radius 1 is 1.09 bits per heavy atom. The third kappa shape index (κ3) is 2.83. The van der Waals surface area contributed by atoms with Gasteiger partial charge in [-0.2, -0.15) is 13.2 Å². The molecule has 2 heterocycles. The van der Waals surface area contributed by atoms with Gasteiger partial charge in [0.15, 0.2) is 0 Å². The molecule has 1 aromatic rings. The van der Waals surface area contributed by atoms with E-state index in [1.807, 2.05) is 0 Å². The van der Waals surface area contributed by atoms with Crippen LogP contribution in [0.4, 0.5) is 13.2 Å². The maximum Gasteiger partial charge on any atom is 0.501 e. The number of sulfone groups is 1. The monoisotopic (exact) mass is 348 g/mol. The van der Waals surface area contributed by atoms with E-state index in [9.17, 15) is 26.4 Å². The SMILES string of the molecule is O=CN1CC2(C1)CN(Cc1ccc(S(=O)(=O)C(F)(F)F)cc1)C2. The first-order valence-electron chi connectivity index (χ1n) is 6.97. The number of amides is 1. The van der Waals surface area contributed by atoms with Crippen molar-refractivity contribution in [2.75, 3.05) is 26.2 Å². The molecule has 0 saturated carbocycles. The second-order valence-corrected chi connectivity index (χ2v) is 8.19. The fourth-order valence-corrected chi connectivity index (χ4v) is 4.03. The summed E-state index contributed by atoms with van der Waals surface area (Å²) in [4.78, 5) is 13.6. The molecule has 0 aromatic heterocycles. The van der Waals surface area contributed by atoms with E-state index in [-0.39, 0.29) is 5.41 Å². The first-order chi connectivity index (χ1) is 10.7. The standard InChI is InChI=1S/C14H15F3N2O3S/c15-14(16,17)23(21,22)12-3-1-11(2-4-12)5-18-6-13(7-18)8-19(9-13)10-20/h1-4,10H,5-9H2. The van der Waals surface area contributed by atoms with Crippen LogP contribution in [0.1, 0.15) is 5.56 Å². The van der Waals surface area contributed by atoms with E-state index < -0.39 is 20.2 Å². The molecule has 5 nitrogen and oxygen atoms in total. The van der Waals surface area contributed by atoms with E-state index in [1.165, 1.54) is 12.1 Å². The van der Waals surface area contributed by atoms with Crippen LogP contribution in [0.25, 0.3) is 0 Å². The number of halogens is 3. The second kappa shape index (κ2) is 5.20. The van der Waals surface area contributed by atoms with Crippen molar-refractivity contribution in [3.8, 4) is 0 Å². The molecule has 0 bridgehead atoms. The minimum atomic E-state index is -5.29. The van der Waals surface area contributed by atoms with Crippen molar-refractivity contribution in [3.63, 3.8) is 0 Å². The molecule has 2 aliphatic rings. The van der Waals surface area contributed by atoms with Gasteiger partial charge >= 0.3 is 5.51 Å². The molecular formula is C14H15F3N2O3S. The summed E-state index contributed by atoms with van der Waals surface area (Å²) in [6.45, 7) is 3.71. The number of benzene rings is 1. The zero-order chi connectivity index (χ0) is 16.9. The third-order valence-electron chi connectivity index (χ3n) is 4.29. The number of carbonyl (C=O) groups excluding carboxylic acids is 1. The molecule has 23 heavy (non-hydrogen) atoms. The molecule has 3 rings (SSSR count). The minimum absolute atomic E-state index is 0.167. The van der Waals surface area contributed by atoms with Gasteiger partial charge in [0, 0.05) is 38.1 Å². The van der Waals surface area contributed by atoms with Gasteiger partial charge in [-0.15, -0.1) is 0 Å². The lowest BCUT2D eigenvalue weighted by Gasteiger charge is -2.59. The Hall–Kier alpha value is -1.61. The van der Waals surface area contributed by atoms with Crippen LogP contribution in [-0.2, 0) is 21.2 Å². The van der Waals surface area contributed by atoms with Gasteiger partial charge < -0.3 is 4.90 Å². The Labute approximate surface area is 131 Å². The van der Waals surface area contributed by atoms with Crippen molar-refractivity contribution < 1.29 is 26.4 Å². The quantitative estimate of drug-likeness (QED) is 0.769. The van der Waals surface area contributed by atoms with Crippen LogP contribution < -0.4 is 0 Å². The topological polar surface area (TPSA) is 57.7 Å². The number of likely N-dealkylation sites (tertiary alicyclic amines) is 2. The van der Waals surface area contributed by atoms with Gasteiger partial charge in [0.2, 0.25) is 6.41 Å². The van der Waals surface area contributed by atoms with Crippen molar-refractivity contribution in [1.82, 2.24) is 9.80 Å². The van der Waals surface area contributed by atoms with Crippen molar-refractivity contribution in [2.45, 2.75) is 16.9 Å². The molecule has 0 radical (unpaired) electrons. The van der Waals surface area contributed by atoms with Crippen LogP contribution >= 0.6 is 0 Å². The summed E-state index contributed by atoms with van der Waals surface area (Å²) in [5.74, 6) is 0. The highest BCUT2D eigenvalue weighted by molar-refractivity contribution is 7.92. The molecule has 0 aliphatic carbocycles. The van der Waals surface area contributed by atoms with Gasteiger partial charge in [-0.25, -0.2) is 8.42 Å². The van der Waals surface area contributed by atoms with E-state index in [0.29, 0.717) is 6.54 Å². The van der Waals surface area contributed by atoms with E-state index in [1.54, 1.807) is 4.90 Å². The number of hydrogen-bond acceptors (Lipinski definition) is 4. The molecule has 2 fully saturated rings. The number of hydrogen-bond donors (Lipinski definition) is 0. The van der Waals surface area contributed by atoms with Crippen molar-refractivity contribution >= 4 is 16.2 Å². The average Bonchev–Trinajstić information content (AvgIpc) is 2.39. The van der Waals surface area contributed by atoms with Crippen LogP contribution in [0.15, 0.2) is 29.2 Å². The smallest absolute Gasteiger partial charge is 0.344 e. The Balaban J connectivity index is 1.59. The second-order valence-electron chi connectivity index (χ2n) is 6.25. The van der Waals surface area contributed by atoms with E-state index >= 15 is 0 Å². The number of carbonyl (C=O) groups is 1. The van der Waals surface area contributed by atoms with Gasteiger partial charge in [-0.05, 0) is 17.7 Å². The van der Waals surface area contributed by atoms with Crippen LogP contribution in [0, 0.1) is 5.41 Å². The highest BCUT2D eigenvalue weighted by Gasteiger charge is 2.51. The number of nitrogens with zero attached hydrogens (tertiary/aromatic N) is 2. The zero-order valence-electron chi connectivity index (χ0n) is 12.1. The zero-order valence-corrected chi connectivity index (χ0v) is 12.9. The van der Waals surface area contributed by atoms with E-state index in [2.05, 4.69) is 4.90 Å². The first-order valence-corrected chi connectivity index (χ1v) is 8.46. The molecule has 1 amide bonds. The van der Waals surface area contributed by atoms with Crippen LogP contribution in [0.3, 0.4) is 0 Å². The molecule has 1 spiro atoms. The highest BCUT2D eigenvalue weighted by atomic mass is 32.2. The van der Waals surface area contributed by atoms with Crippen molar-refractivity contribution in [3.05, 3.63) is 29.8 Å². The van der Waals surface area contributed by atoms with Crippen LogP contribution in [-0.4, -0.2) is 56.3 Å². The molecule has 2 saturated heterocycles. The Kier molecular flexibility index (Phi) is 3.68. The maximum absolute atomic E-state index is 12.5. The molecule has 9 heteroatoms. The summed E-state index contributed by atoms with van der Waals surface area (Å²) in [5, 5.41) is 0. The fraction of sp³-hybridized carbons (Fsp3) is 0.500. The summed E-state index contributed by atoms with van der Waals surface area (Å²) in [6, 6.07) is 4.79. The predicted octanol–water partition coefficient (Wildman–Crippen LogP) is 1.25. The largest absolute Gasteiger partial charge is 0.501 e. The summed E-state index contributed by atoms with van der Waals surface area (Å²) in [5.41, 5.74) is -4.36. The summed E-state index contributed by atoms with van der Waals surface area (Å²) < 4.78 is 59.9. The van der Waals surface area contributed by atoms with Gasteiger partial charge in [0.1, 0.15) is 0 Å². The molecule has 1 aromatic carbocycles. The van der Waals surface area contributed by atoms with E-state index in [0.717, 1.165) is 50.3 Å². The summed E-state index contributed by atoms with van der Waals surface area (Å²) >= 11 is 0. The molecular weight excluding hydrogens is 333 g/mol. The van der Waals surface area contributed by atoms with Crippen LogP contribution in [0.2, 0.25) is 0 Å². The van der Waals surface area contributed by atoms with Gasteiger partial charge in [-0.3, -0.25) is 9.69 Å². The average molecular weight is 348 g/mol. The number of alkyl halides is 3. The molecule has 0 N–H and O–H groups in total. The minimum Gasteiger partial charge on any atom is -0.344 e. The molecule has 0 unspecified atom stereocenters. The van der Waals surface area contributed by atoms with Crippen molar-refractivity contribution in [1.29, 1.82) is 0 Å². The predicted molar refractivity (Wildman–Crippen MR) is 75.0 cm³/mol. The lowest BCUT2D eigenvalue weighted by atomic mass is 9.73. The lowest BCUT2D eigenvalue weighted by molar-refractivity contribution is -0.147. The third-order valence-corrected chi connectivity index (χ3v) is 5.79. The summed E-state index contributed by atoms with van der Waals surface area (Å²) in [7, 11) is -5.29. The lowest BCUT2D eigenvalue weighted by Crippen LogP contribution is -2.71. The van der Waals surface area contributed by atoms with Gasteiger partial charge in [0.25, 0.3) is 9.84 Å². The molecule has 126 valence electrons. The van der Waals surface area contributed by atoms with Gasteiger partial charge in [0.05, 0.1) is 4.90 Å². The number of rotatable bonds is 4. The first kappa shape index (κ1) is 16.3.